The molecular formula is C8H12N2O. The molecule has 0 saturated carbocycles. The van der Waals surface area contributed by atoms with E-state index in [0.717, 1.165) is 24.1 Å². The molecule has 3 heteroatoms. The molecule has 1 N–H and O–H groups in total. The Hall–Kier alpha value is -0.960. The molecule has 0 aromatic carbocycles. The third-order valence-corrected chi connectivity index (χ3v) is 1.62. The highest BCUT2D eigenvalue weighted by molar-refractivity contribution is 5.13. The van der Waals surface area contributed by atoms with Crippen molar-refractivity contribution in [1.29, 1.82) is 0 Å². The molecule has 0 saturated heterocycles. The van der Waals surface area contributed by atoms with E-state index in [1.54, 1.807) is 6.20 Å². The molecule has 0 fully saturated rings. The Bertz CT molecular complexity index is 225. The van der Waals surface area contributed by atoms with Crippen LogP contribution in [0.4, 0.5) is 0 Å². The summed E-state index contributed by atoms with van der Waals surface area (Å²) in [7, 11) is 0. The number of aliphatic hydroxyl groups is 1. The van der Waals surface area contributed by atoms with E-state index in [1.165, 1.54) is 6.33 Å². The van der Waals surface area contributed by atoms with E-state index < -0.39 is 0 Å². The number of aromatic nitrogens is 2. The molecule has 0 aliphatic heterocycles. The Morgan fingerprint density at radius 3 is 3.00 bits per heavy atom. The van der Waals surface area contributed by atoms with Crippen LogP contribution in [-0.2, 0) is 6.42 Å². The van der Waals surface area contributed by atoms with E-state index >= 15 is 0 Å². The summed E-state index contributed by atoms with van der Waals surface area (Å²) >= 11 is 0. The van der Waals surface area contributed by atoms with Crippen LogP contribution in [0.3, 0.4) is 0 Å². The Morgan fingerprint density at radius 2 is 2.36 bits per heavy atom. The predicted octanol–water partition coefficient (Wildman–Crippen LogP) is 0.710. The monoisotopic (exact) mass is 152 g/mol. The smallest absolute Gasteiger partial charge is 0.115 e. The standard InChI is InChI=1S/C8H12N2O/c1-7-8(3-2-4-11)5-9-6-10-7/h5-6,11H,2-4H2,1H3. The van der Waals surface area contributed by atoms with Crippen molar-refractivity contribution in [2.75, 3.05) is 6.61 Å². The number of aliphatic hydroxyl groups excluding tert-OH is 1. The summed E-state index contributed by atoms with van der Waals surface area (Å²) in [6.45, 7) is 2.18. The van der Waals surface area contributed by atoms with Gasteiger partial charge in [0.25, 0.3) is 0 Å². The van der Waals surface area contributed by atoms with E-state index in [-0.39, 0.29) is 6.61 Å². The van der Waals surface area contributed by atoms with Crippen molar-refractivity contribution in [3.05, 3.63) is 23.8 Å². The second kappa shape index (κ2) is 4.03. The highest BCUT2D eigenvalue weighted by Gasteiger charge is 1.96. The largest absolute Gasteiger partial charge is 0.396 e. The molecule has 0 aliphatic carbocycles. The molecule has 1 aromatic rings. The van der Waals surface area contributed by atoms with E-state index in [1.807, 2.05) is 6.92 Å². The van der Waals surface area contributed by atoms with Gasteiger partial charge in [0.05, 0.1) is 0 Å². The zero-order chi connectivity index (χ0) is 8.10. The molecule has 0 amide bonds. The molecule has 0 unspecified atom stereocenters. The van der Waals surface area contributed by atoms with Gasteiger partial charge in [0.15, 0.2) is 0 Å². The maximum atomic E-state index is 8.58. The van der Waals surface area contributed by atoms with Gasteiger partial charge < -0.3 is 5.11 Å². The average Bonchev–Trinajstić information content (AvgIpc) is 2.03. The Morgan fingerprint density at radius 1 is 1.55 bits per heavy atom. The van der Waals surface area contributed by atoms with Crippen LogP contribution in [0.15, 0.2) is 12.5 Å². The molecule has 0 bridgehead atoms. The second-order valence-corrected chi connectivity index (χ2v) is 2.46. The van der Waals surface area contributed by atoms with Gasteiger partial charge in [-0.15, -0.1) is 0 Å². The number of nitrogens with zero attached hydrogens (tertiary/aromatic N) is 2. The predicted molar refractivity (Wildman–Crippen MR) is 42.2 cm³/mol. The topological polar surface area (TPSA) is 46.0 Å². The highest BCUT2D eigenvalue weighted by Crippen LogP contribution is 2.03. The molecule has 60 valence electrons. The lowest BCUT2D eigenvalue weighted by Gasteiger charge is -2.00. The van der Waals surface area contributed by atoms with Crippen LogP contribution < -0.4 is 0 Å². The summed E-state index contributed by atoms with van der Waals surface area (Å²) in [5, 5.41) is 8.58. The van der Waals surface area contributed by atoms with Crippen LogP contribution in [0.25, 0.3) is 0 Å². The van der Waals surface area contributed by atoms with Crippen molar-refractivity contribution in [1.82, 2.24) is 9.97 Å². The molecule has 0 aliphatic rings. The van der Waals surface area contributed by atoms with Gasteiger partial charge in [-0.3, -0.25) is 0 Å². The van der Waals surface area contributed by atoms with Crippen molar-refractivity contribution in [2.45, 2.75) is 19.8 Å². The van der Waals surface area contributed by atoms with Crippen molar-refractivity contribution in [3.63, 3.8) is 0 Å². The van der Waals surface area contributed by atoms with Crippen LogP contribution in [0.5, 0.6) is 0 Å². The first-order valence-corrected chi connectivity index (χ1v) is 3.71. The molecule has 1 heterocycles. The summed E-state index contributed by atoms with van der Waals surface area (Å²) in [6.07, 6.45) is 4.99. The van der Waals surface area contributed by atoms with Crippen LogP contribution in [0.1, 0.15) is 17.7 Å². The molecule has 0 atom stereocenters. The van der Waals surface area contributed by atoms with Gasteiger partial charge in [-0.1, -0.05) is 0 Å². The van der Waals surface area contributed by atoms with Crippen molar-refractivity contribution >= 4 is 0 Å². The van der Waals surface area contributed by atoms with Gasteiger partial charge in [0.2, 0.25) is 0 Å². The molecule has 0 spiro atoms. The van der Waals surface area contributed by atoms with Gasteiger partial charge in [-0.05, 0) is 25.3 Å². The van der Waals surface area contributed by atoms with Crippen molar-refractivity contribution in [2.24, 2.45) is 0 Å². The Balaban J connectivity index is 2.62. The first kappa shape index (κ1) is 8.14. The maximum absolute atomic E-state index is 8.58. The zero-order valence-corrected chi connectivity index (χ0v) is 6.62. The van der Waals surface area contributed by atoms with Crippen molar-refractivity contribution in [3.8, 4) is 0 Å². The van der Waals surface area contributed by atoms with E-state index in [0.29, 0.717) is 0 Å². The molecule has 1 rings (SSSR count). The lowest BCUT2D eigenvalue weighted by Crippen LogP contribution is -1.95. The van der Waals surface area contributed by atoms with Crippen molar-refractivity contribution < 1.29 is 5.11 Å². The van der Waals surface area contributed by atoms with Gasteiger partial charge >= 0.3 is 0 Å². The molecule has 11 heavy (non-hydrogen) atoms. The number of rotatable bonds is 3. The summed E-state index contributed by atoms with van der Waals surface area (Å²) in [4.78, 5) is 7.94. The fourth-order valence-electron chi connectivity index (χ4n) is 0.935. The molecular weight excluding hydrogens is 140 g/mol. The minimum absolute atomic E-state index is 0.230. The van der Waals surface area contributed by atoms with E-state index in [4.69, 9.17) is 5.11 Å². The first-order chi connectivity index (χ1) is 5.34. The van der Waals surface area contributed by atoms with Crippen LogP contribution in [-0.4, -0.2) is 21.7 Å². The van der Waals surface area contributed by atoms with Gasteiger partial charge in [0, 0.05) is 18.5 Å². The summed E-state index contributed by atoms with van der Waals surface area (Å²) in [6, 6.07) is 0. The van der Waals surface area contributed by atoms with E-state index in [9.17, 15) is 0 Å². The quantitative estimate of drug-likeness (QED) is 0.693. The van der Waals surface area contributed by atoms with Gasteiger partial charge in [-0.2, -0.15) is 0 Å². The zero-order valence-electron chi connectivity index (χ0n) is 6.62. The Kier molecular flexibility index (Phi) is 2.98. The lowest BCUT2D eigenvalue weighted by atomic mass is 10.1. The maximum Gasteiger partial charge on any atom is 0.115 e. The number of aryl methyl sites for hydroxylation is 2. The fourth-order valence-corrected chi connectivity index (χ4v) is 0.935. The minimum Gasteiger partial charge on any atom is -0.396 e. The van der Waals surface area contributed by atoms with Crippen LogP contribution in [0.2, 0.25) is 0 Å². The number of hydrogen-bond donors (Lipinski definition) is 1. The molecule has 0 radical (unpaired) electrons. The van der Waals surface area contributed by atoms with Gasteiger partial charge in [-0.25, -0.2) is 9.97 Å². The van der Waals surface area contributed by atoms with Crippen LogP contribution >= 0.6 is 0 Å². The average molecular weight is 152 g/mol. The number of hydrogen-bond acceptors (Lipinski definition) is 3. The second-order valence-electron chi connectivity index (χ2n) is 2.46. The first-order valence-electron chi connectivity index (χ1n) is 3.71. The minimum atomic E-state index is 0.230. The molecule has 3 nitrogen and oxygen atoms in total. The Labute approximate surface area is 66.1 Å². The third-order valence-electron chi connectivity index (χ3n) is 1.62. The summed E-state index contributed by atoms with van der Waals surface area (Å²) in [5.74, 6) is 0. The lowest BCUT2D eigenvalue weighted by molar-refractivity contribution is 0.288. The third kappa shape index (κ3) is 2.27. The summed E-state index contributed by atoms with van der Waals surface area (Å²) in [5.41, 5.74) is 2.13. The summed E-state index contributed by atoms with van der Waals surface area (Å²) < 4.78 is 0. The fraction of sp³-hybridized carbons (Fsp3) is 0.500. The highest BCUT2D eigenvalue weighted by atomic mass is 16.2. The van der Waals surface area contributed by atoms with E-state index in [2.05, 4.69) is 9.97 Å². The SMILES string of the molecule is Cc1ncncc1CCCO. The van der Waals surface area contributed by atoms with Crippen LogP contribution in [0, 0.1) is 6.92 Å². The normalized spacial score (nSPS) is 10.0. The van der Waals surface area contributed by atoms with Gasteiger partial charge in [0.1, 0.15) is 6.33 Å². The molecule has 1 aromatic heterocycles.